The van der Waals surface area contributed by atoms with Gasteiger partial charge in [0.05, 0.1) is 7.11 Å². The van der Waals surface area contributed by atoms with E-state index in [2.05, 4.69) is 49.7 Å². The summed E-state index contributed by atoms with van der Waals surface area (Å²) in [6, 6.07) is 6.09. The van der Waals surface area contributed by atoms with E-state index in [9.17, 15) is 0 Å². The average molecular weight is 312 g/mol. The molecule has 2 rings (SSSR count). The summed E-state index contributed by atoms with van der Waals surface area (Å²) < 4.78 is 6.25. The van der Waals surface area contributed by atoms with E-state index in [-0.39, 0.29) is 6.04 Å². The minimum atomic E-state index is 0.0651. The molecule has 1 atom stereocenters. The summed E-state index contributed by atoms with van der Waals surface area (Å²) in [6.45, 7) is 9.20. The van der Waals surface area contributed by atoms with Crippen molar-refractivity contribution >= 4 is 15.9 Å². The molecule has 0 spiro atoms. The largest absolute Gasteiger partial charge is 0.497 e. The van der Waals surface area contributed by atoms with Crippen molar-refractivity contribution in [1.29, 1.82) is 0 Å². The van der Waals surface area contributed by atoms with Gasteiger partial charge in [-0.25, -0.2) is 0 Å². The molecule has 2 N–H and O–H groups in total. The lowest BCUT2D eigenvalue weighted by Gasteiger charge is -2.17. The van der Waals surface area contributed by atoms with Crippen LogP contribution in [-0.2, 0) is 0 Å². The van der Waals surface area contributed by atoms with Gasteiger partial charge in [0, 0.05) is 10.5 Å². The Labute approximate surface area is 118 Å². The number of nitrogens with two attached hydrogens (primary N) is 1. The molecule has 0 bridgehead atoms. The Bertz CT molecular complexity index is 454. The molecule has 1 aromatic rings. The van der Waals surface area contributed by atoms with Crippen molar-refractivity contribution in [3.63, 3.8) is 0 Å². The van der Waals surface area contributed by atoms with Crippen LogP contribution in [0.15, 0.2) is 22.7 Å². The van der Waals surface area contributed by atoms with Crippen molar-refractivity contribution in [3.8, 4) is 5.75 Å². The quantitative estimate of drug-likeness (QED) is 0.910. The SMILES string of the molecule is COc1ccc(C(N)C2C(C)(C)C2(C)C)c(Br)c1. The molecule has 0 saturated heterocycles. The fourth-order valence-electron chi connectivity index (χ4n) is 3.23. The standard InChI is InChI=1S/C15H22BrNO/c1-14(2)13(15(14,3)4)12(17)10-7-6-9(18-5)8-11(10)16/h6-8,12-13H,17H2,1-5H3. The van der Waals surface area contributed by atoms with Crippen LogP contribution in [0.2, 0.25) is 0 Å². The van der Waals surface area contributed by atoms with Crippen LogP contribution in [0.5, 0.6) is 5.75 Å². The van der Waals surface area contributed by atoms with Gasteiger partial charge in [-0.1, -0.05) is 49.7 Å². The molecule has 2 nitrogen and oxygen atoms in total. The van der Waals surface area contributed by atoms with E-state index < -0.39 is 0 Å². The minimum Gasteiger partial charge on any atom is -0.497 e. The second-order valence-corrected chi connectivity index (χ2v) is 7.19. The Kier molecular flexibility index (Phi) is 3.27. The second-order valence-electron chi connectivity index (χ2n) is 6.33. The molecule has 3 heteroatoms. The first-order valence-corrected chi connectivity index (χ1v) is 7.12. The molecule has 18 heavy (non-hydrogen) atoms. The molecule has 1 unspecified atom stereocenters. The summed E-state index contributed by atoms with van der Waals surface area (Å²) in [5, 5.41) is 0. The van der Waals surface area contributed by atoms with Crippen LogP contribution in [0.3, 0.4) is 0 Å². The van der Waals surface area contributed by atoms with E-state index in [1.54, 1.807) is 7.11 Å². The van der Waals surface area contributed by atoms with Crippen molar-refractivity contribution in [1.82, 2.24) is 0 Å². The molecule has 1 fully saturated rings. The van der Waals surface area contributed by atoms with Crippen LogP contribution in [0.25, 0.3) is 0 Å². The van der Waals surface area contributed by atoms with E-state index in [0.717, 1.165) is 10.2 Å². The van der Waals surface area contributed by atoms with Gasteiger partial charge in [0.15, 0.2) is 0 Å². The molecular formula is C15H22BrNO. The maximum Gasteiger partial charge on any atom is 0.120 e. The predicted molar refractivity (Wildman–Crippen MR) is 78.7 cm³/mol. The molecule has 0 heterocycles. The van der Waals surface area contributed by atoms with Crippen molar-refractivity contribution in [2.24, 2.45) is 22.5 Å². The molecule has 0 amide bonds. The lowest BCUT2D eigenvalue weighted by Crippen LogP contribution is -2.17. The average Bonchev–Trinajstić information content (AvgIpc) is 2.68. The molecule has 100 valence electrons. The van der Waals surface area contributed by atoms with Gasteiger partial charge in [0.2, 0.25) is 0 Å². The van der Waals surface area contributed by atoms with Gasteiger partial charge in [-0.15, -0.1) is 0 Å². The molecule has 0 radical (unpaired) electrons. The Morgan fingerprint density at radius 1 is 1.22 bits per heavy atom. The van der Waals surface area contributed by atoms with E-state index in [4.69, 9.17) is 10.5 Å². The van der Waals surface area contributed by atoms with Gasteiger partial charge >= 0.3 is 0 Å². The van der Waals surface area contributed by atoms with E-state index in [1.807, 2.05) is 12.1 Å². The summed E-state index contributed by atoms with van der Waals surface area (Å²) in [4.78, 5) is 0. The molecule has 1 aromatic carbocycles. The highest BCUT2D eigenvalue weighted by Gasteiger charge is 2.66. The van der Waals surface area contributed by atoms with Crippen molar-refractivity contribution < 1.29 is 4.74 Å². The third-order valence-electron chi connectivity index (χ3n) is 5.06. The van der Waals surface area contributed by atoms with Crippen molar-refractivity contribution in [2.45, 2.75) is 33.7 Å². The Morgan fingerprint density at radius 3 is 2.17 bits per heavy atom. The van der Waals surface area contributed by atoms with Crippen LogP contribution < -0.4 is 10.5 Å². The predicted octanol–water partition coefficient (Wildman–Crippen LogP) is 4.14. The topological polar surface area (TPSA) is 35.2 Å². The number of halogens is 1. The smallest absolute Gasteiger partial charge is 0.120 e. The fourth-order valence-corrected chi connectivity index (χ4v) is 3.85. The first kappa shape index (κ1) is 13.9. The number of hydrogen-bond donors (Lipinski definition) is 1. The highest BCUT2D eigenvalue weighted by atomic mass is 79.9. The summed E-state index contributed by atoms with van der Waals surface area (Å²) in [7, 11) is 1.68. The zero-order valence-electron chi connectivity index (χ0n) is 11.8. The van der Waals surface area contributed by atoms with Gasteiger partial charge in [-0.2, -0.15) is 0 Å². The Hall–Kier alpha value is -0.540. The fraction of sp³-hybridized carbons (Fsp3) is 0.600. The molecule has 1 aliphatic rings. The van der Waals surface area contributed by atoms with Crippen LogP contribution in [0, 0.1) is 16.7 Å². The van der Waals surface area contributed by atoms with Crippen LogP contribution >= 0.6 is 15.9 Å². The molecule has 0 aliphatic heterocycles. The van der Waals surface area contributed by atoms with Gasteiger partial charge < -0.3 is 10.5 Å². The maximum absolute atomic E-state index is 6.47. The van der Waals surface area contributed by atoms with Crippen LogP contribution in [0.1, 0.15) is 39.3 Å². The van der Waals surface area contributed by atoms with Crippen LogP contribution in [-0.4, -0.2) is 7.11 Å². The number of ether oxygens (including phenoxy) is 1. The summed E-state index contributed by atoms with van der Waals surface area (Å²) in [6.07, 6.45) is 0. The normalized spacial score (nSPS) is 22.6. The van der Waals surface area contributed by atoms with E-state index in [1.165, 1.54) is 5.56 Å². The van der Waals surface area contributed by atoms with Crippen molar-refractivity contribution in [2.75, 3.05) is 7.11 Å². The lowest BCUT2D eigenvalue weighted by atomic mass is 9.97. The van der Waals surface area contributed by atoms with Gasteiger partial charge in [0.25, 0.3) is 0 Å². The third kappa shape index (κ3) is 1.88. The summed E-state index contributed by atoms with van der Waals surface area (Å²) >= 11 is 3.60. The Morgan fingerprint density at radius 2 is 1.78 bits per heavy atom. The number of benzene rings is 1. The van der Waals surface area contributed by atoms with Gasteiger partial charge in [-0.3, -0.25) is 0 Å². The third-order valence-corrected chi connectivity index (χ3v) is 5.74. The minimum absolute atomic E-state index is 0.0651. The van der Waals surface area contributed by atoms with E-state index >= 15 is 0 Å². The Balaban J connectivity index is 2.29. The lowest BCUT2D eigenvalue weighted by molar-refractivity contribution is 0.413. The first-order valence-electron chi connectivity index (χ1n) is 6.32. The summed E-state index contributed by atoms with van der Waals surface area (Å²) in [5.41, 5.74) is 8.23. The zero-order chi connectivity index (χ0) is 13.7. The number of hydrogen-bond acceptors (Lipinski definition) is 2. The number of methoxy groups -OCH3 is 1. The van der Waals surface area contributed by atoms with Gasteiger partial charge in [0.1, 0.15) is 5.75 Å². The molecule has 1 aliphatic carbocycles. The molecular weight excluding hydrogens is 290 g/mol. The van der Waals surface area contributed by atoms with Crippen LogP contribution in [0.4, 0.5) is 0 Å². The monoisotopic (exact) mass is 311 g/mol. The van der Waals surface area contributed by atoms with Gasteiger partial charge in [-0.05, 0) is 34.4 Å². The summed E-state index contributed by atoms with van der Waals surface area (Å²) in [5.74, 6) is 1.36. The molecule has 0 aromatic heterocycles. The molecule has 1 saturated carbocycles. The first-order chi connectivity index (χ1) is 8.23. The number of rotatable bonds is 3. The van der Waals surface area contributed by atoms with Crippen molar-refractivity contribution in [3.05, 3.63) is 28.2 Å². The highest BCUT2D eigenvalue weighted by Crippen LogP contribution is 2.72. The maximum atomic E-state index is 6.47. The van der Waals surface area contributed by atoms with E-state index in [0.29, 0.717) is 16.7 Å². The zero-order valence-corrected chi connectivity index (χ0v) is 13.3. The highest BCUT2D eigenvalue weighted by molar-refractivity contribution is 9.10. The second kappa shape index (κ2) is 4.24.